The predicted molar refractivity (Wildman–Crippen MR) is 145 cm³/mol. The maximum Gasteiger partial charge on any atom is 0.256 e. The third-order valence-corrected chi connectivity index (χ3v) is 8.08. The van der Waals surface area contributed by atoms with Crippen LogP contribution in [0.2, 0.25) is 0 Å². The Morgan fingerprint density at radius 2 is 1.87 bits per heavy atom. The molecule has 39 heavy (non-hydrogen) atoms. The molecule has 9 nitrogen and oxygen atoms in total. The van der Waals surface area contributed by atoms with Gasteiger partial charge in [-0.2, -0.15) is 10.2 Å². The van der Waals surface area contributed by atoms with Crippen LogP contribution in [-0.4, -0.2) is 65.8 Å². The molecular formula is C30H29N7O2. The Morgan fingerprint density at radius 1 is 1.03 bits per heavy atom. The van der Waals surface area contributed by atoms with Gasteiger partial charge in [0.1, 0.15) is 0 Å². The van der Waals surface area contributed by atoms with E-state index in [1.165, 1.54) is 24.5 Å². The molecule has 0 bridgehead atoms. The molecule has 9 heteroatoms. The molecule has 0 spiro atoms. The quantitative estimate of drug-likeness (QED) is 0.376. The van der Waals surface area contributed by atoms with Crippen molar-refractivity contribution in [1.29, 1.82) is 0 Å². The van der Waals surface area contributed by atoms with Gasteiger partial charge >= 0.3 is 0 Å². The van der Waals surface area contributed by atoms with Crippen LogP contribution in [0, 0.1) is 0 Å². The van der Waals surface area contributed by atoms with E-state index >= 15 is 0 Å². The Kier molecular flexibility index (Phi) is 5.65. The van der Waals surface area contributed by atoms with E-state index < -0.39 is 0 Å². The first-order chi connectivity index (χ1) is 19.1. The fourth-order valence-electron chi connectivity index (χ4n) is 5.90. The zero-order valence-corrected chi connectivity index (χ0v) is 21.6. The molecule has 2 amide bonds. The van der Waals surface area contributed by atoms with Gasteiger partial charge in [-0.15, -0.1) is 0 Å². The van der Waals surface area contributed by atoms with Gasteiger partial charge in [-0.1, -0.05) is 18.7 Å². The van der Waals surface area contributed by atoms with Crippen molar-refractivity contribution in [3.63, 3.8) is 0 Å². The summed E-state index contributed by atoms with van der Waals surface area (Å²) in [6.07, 6.45) is 10.3. The summed E-state index contributed by atoms with van der Waals surface area (Å²) in [5.41, 5.74) is 6.08. The molecule has 4 aromatic rings. The fraction of sp³-hybridized carbons (Fsp3) is 0.300. The van der Waals surface area contributed by atoms with Crippen molar-refractivity contribution in [3.8, 4) is 11.5 Å². The van der Waals surface area contributed by atoms with E-state index in [1.807, 2.05) is 17.2 Å². The summed E-state index contributed by atoms with van der Waals surface area (Å²) in [5, 5.41) is 9.26. The number of benzene rings is 1. The van der Waals surface area contributed by atoms with E-state index in [9.17, 15) is 9.59 Å². The standard InChI is InChI=1S/C30H29N7O2/c1-2-28(38)34-16-12-24-29-25(37(33-24)23-9-6-21(7-10-23)20-4-5-20)13-17-35(26(29)19-34)30(39)22-8-11-27(31-18-22)36-15-3-14-32-36/h2-3,6-11,14-15,18,20,26H,1,4-5,12-13,16-17,19H2. The summed E-state index contributed by atoms with van der Waals surface area (Å²) < 4.78 is 3.71. The average Bonchev–Trinajstić information content (AvgIpc) is 3.61. The van der Waals surface area contributed by atoms with Gasteiger partial charge < -0.3 is 9.80 Å². The molecule has 1 saturated carbocycles. The zero-order chi connectivity index (χ0) is 26.5. The molecule has 1 aromatic carbocycles. The van der Waals surface area contributed by atoms with Crippen molar-refractivity contribution in [2.75, 3.05) is 19.6 Å². The molecule has 7 rings (SSSR count). The number of aromatic nitrogens is 5. The number of carbonyl (C=O) groups excluding carboxylic acids is 2. The lowest BCUT2D eigenvalue weighted by Crippen LogP contribution is -2.45. The number of hydrogen-bond acceptors (Lipinski definition) is 5. The summed E-state index contributed by atoms with van der Waals surface area (Å²) in [4.78, 5) is 34.7. The summed E-state index contributed by atoms with van der Waals surface area (Å²) in [5.74, 6) is 1.11. The molecule has 1 fully saturated rings. The summed E-state index contributed by atoms with van der Waals surface area (Å²) in [6.45, 7) is 5.15. The molecular weight excluding hydrogens is 490 g/mol. The lowest BCUT2D eigenvalue weighted by atomic mass is 9.95. The highest BCUT2D eigenvalue weighted by atomic mass is 16.2. The van der Waals surface area contributed by atoms with E-state index in [1.54, 1.807) is 34.1 Å². The SMILES string of the molecule is C=CC(=O)N1CCc2nn(-c3ccc(C4CC4)cc3)c3c2C(C1)N(C(=O)c1ccc(-n2cccn2)nc1)CC3. The third-order valence-electron chi connectivity index (χ3n) is 8.08. The second-order valence-corrected chi connectivity index (χ2v) is 10.4. The third kappa shape index (κ3) is 4.14. The van der Waals surface area contributed by atoms with Crippen molar-refractivity contribution in [1.82, 2.24) is 34.3 Å². The Bertz CT molecular complexity index is 1550. The Hall–Kier alpha value is -4.53. The van der Waals surface area contributed by atoms with Gasteiger partial charge in [0.2, 0.25) is 5.91 Å². The van der Waals surface area contributed by atoms with Crippen LogP contribution in [0.4, 0.5) is 0 Å². The minimum absolute atomic E-state index is 0.106. The van der Waals surface area contributed by atoms with Gasteiger partial charge in [-0.3, -0.25) is 9.59 Å². The topological polar surface area (TPSA) is 89.2 Å². The molecule has 3 aromatic heterocycles. The second kappa shape index (κ2) is 9.34. The van der Waals surface area contributed by atoms with Crippen LogP contribution in [0.25, 0.3) is 11.5 Å². The van der Waals surface area contributed by atoms with Crippen molar-refractivity contribution in [3.05, 3.63) is 102 Å². The van der Waals surface area contributed by atoms with Crippen molar-refractivity contribution >= 4 is 11.8 Å². The smallest absolute Gasteiger partial charge is 0.256 e. The molecule has 2 aliphatic heterocycles. The van der Waals surface area contributed by atoms with E-state index in [2.05, 4.69) is 45.6 Å². The van der Waals surface area contributed by atoms with E-state index in [0.29, 0.717) is 49.8 Å². The molecule has 196 valence electrons. The molecule has 0 radical (unpaired) electrons. The number of nitrogens with zero attached hydrogens (tertiary/aromatic N) is 7. The summed E-state index contributed by atoms with van der Waals surface area (Å²) in [6, 6.07) is 13.9. The van der Waals surface area contributed by atoms with Gasteiger partial charge in [-0.05, 0) is 60.7 Å². The minimum Gasteiger partial charge on any atom is -0.336 e. The molecule has 1 atom stereocenters. The monoisotopic (exact) mass is 519 g/mol. The highest BCUT2D eigenvalue weighted by Crippen LogP contribution is 2.41. The first kappa shape index (κ1) is 23.6. The normalized spacial score (nSPS) is 18.4. The summed E-state index contributed by atoms with van der Waals surface area (Å²) >= 11 is 0. The number of hydrogen-bond donors (Lipinski definition) is 0. The average molecular weight is 520 g/mol. The lowest BCUT2D eigenvalue weighted by molar-refractivity contribution is -0.126. The number of rotatable bonds is 5. The van der Waals surface area contributed by atoms with Crippen LogP contribution in [0.1, 0.15) is 57.7 Å². The maximum absolute atomic E-state index is 13.9. The number of amides is 2. The highest BCUT2D eigenvalue weighted by molar-refractivity contribution is 5.94. The Balaban J connectivity index is 1.24. The first-order valence-electron chi connectivity index (χ1n) is 13.5. The lowest BCUT2D eigenvalue weighted by Gasteiger charge is -2.37. The van der Waals surface area contributed by atoms with Gasteiger partial charge in [0.05, 0.1) is 28.7 Å². The predicted octanol–water partition coefficient (Wildman–Crippen LogP) is 3.64. The number of pyridine rings is 1. The molecule has 3 aliphatic rings. The van der Waals surface area contributed by atoms with Gasteiger partial charge in [-0.25, -0.2) is 14.3 Å². The highest BCUT2D eigenvalue weighted by Gasteiger charge is 2.40. The Labute approximate surface area is 226 Å². The zero-order valence-electron chi connectivity index (χ0n) is 21.6. The molecule has 5 heterocycles. The van der Waals surface area contributed by atoms with Crippen LogP contribution in [0.3, 0.4) is 0 Å². The molecule has 0 N–H and O–H groups in total. The van der Waals surface area contributed by atoms with Crippen molar-refractivity contribution in [2.45, 2.75) is 37.6 Å². The van der Waals surface area contributed by atoms with Crippen LogP contribution < -0.4 is 0 Å². The van der Waals surface area contributed by atoms with Crippen molar-refractivity contribution < 1.29 is 9.59 Å². The summed E-state index contributed by atoms with van der Waals surface area (Å²) in [7, 11) is 0. The van der Waals surface area contributed by atoms with Gasteiger partial charge in [0.25, 0.3) is 5.91 Å². The number of carbonyl (C=O) groups is 2. The van der Waals surface area contributed by atoms with Crippen LogP contribution in [-0.2, 0) is 17.6 Å². The van der Waals surface area contributed by atoms with Crippen LogP contribution >= 0.6 is 0 Å². The van der Waals surface area contributed by atoms with E-state index in [4.69, 9.17) is 5.10 Å². The van der Waals surface area contributed by atoms with E-state index in [0.717, 1.165) is 22.6 Å². The molecule has 0 saturated heterocycles. The maximum atomic E-state index is 13.9. The van der Waals surface area contributed by atoms with Gasteiger partial charge in [0, 0.05) is 56.6 Å². The van der Waals surface area contributed by atoms with Crippen LogP contribution in [0.5, 0.6) is 0 Å². The fourth-order valence-corrected chi connectivity index (χ4v) is 5.90. The largest absolute Gasteiger partial charge is 0.336 e. The Morgan fingerprint density at radius 3 is 2.56 bits per heavy atom. The minimum atomic E-state index is -0.298. The second-order valence-electron chi connectivity index (χ2n) is 10.4. The first-order valence-corrected chi connectivity index (χ1v) is 13.5. The molecule has 1 aliphatic carbocycles. The van der Waals surface area contributed by atoms with Crippen molar-refractivity contribution in [2.24, 2.45) is 0 Å². The van der Waals surface area contributed by atoms with Gasteiger partial charge in [0.15, 0.2) is 5.82 Å². The van der Waals surface area contributed by atoms with Crippen LogP contribution in [0.15, 0.2) is 73.7 Å². The molecule has 1 unspecified atom stereocenters. The van der Waals surface area contributed by atoms with E-state index in [-0.39, 0.29) is 17.9 Å².